The first-order valence-corrected chi connectivity index (χ1v) is 9.16. The highest BCUT2D eigenvalue weighted by Crippen LogP contribution is 2.45. The van der Waals surface area contributed by atoms with E-state index in [1.165, 1.54) is 27.6 Å². The van der Waals surface area contributed by atoms with E-state index in [2.05, 4.69) is 41.6 Å². The van der Waals surface area contributed by atoms with Crippen LogP contribution in [0.15, 0.2) is 42.5 Å². The average molecular weight is 334 g/mol. The Hall–Kier alpha value is -2.13. The van der Waals surface area contributed by atoms with Crippen molar-refractivity contribution in [3.63, 3.8) is 0 Å². The van der Waals surface area contributed by atoms with Crippen LogP contribution in [0.3, 0.4) is 0 Å². The van der Waals surface area contributed by atoms with Crippen LogP contribution in [-0.4, -0.2) is 23.1 Å². The van der Waals surface area contributed by atoms with Gasteiger partial charge in [-0.2, -0.15) is 0 Å². The van der Waals surface area contributed by atoms with Gasteiger partial charge in [-0.25, -0.2) is 4.39 Å². The van der Waals surface area contributed by atoms with Gasteiger partial charge in [0.15, 0.2) is 0 Å². The predicted octanol–water partition coefficient (Wildman–Crippen LogP) is 4.81. The Bertz CT molecular complexity index is 954. The minimum atomic E-state index is -0.151. The van der Waals surface area contributed by atoms with Gasteiger partial charge in [0.2, 0.25) is 0 Å². The minimum absolute atomic E-state index is 0.151. The molecule has 3 aromatic rings. The molecule has 0 N–H and O–H groups in total. The van der Waals surface area contributed by atoms with Crippen molar-refractivity contribution in [2.75, 3.05) is 13.6 Å². The quantitative estimate of drug-likeness (QED) is 0.620. The first-order valence-electron chi connectivity index (χ1n) is 9.16. The van der Waals surface area contributed by atoms with Crippen LogP contribution in [0.5, 0.6) is 0 Å². The van der Waals surface area contributed by atoms with Crippen LogP contribution in [-0.2, 0) is 13.1 Å². The minimum Gasteiger partial charge on any atom is -0.343 e. The van der Waals surface area contributed by atoms with Crippen molar-refractivity contribution in [1.29, 1.82) is 0 Å². The lowest BCUT2D eigenvalue weighted by Crippen LogP contribution is -2.35. The third-order valence-corrected chi connectivity index (χ3v) is 6.03. The second kappa shape index (κ2) is 5.43. The van der Waals surface area contributed by atoms with Gasteiger partial charge in [-0.05, 0) is 55.8 Å². The topological polar surface area (TPSA) is 8.17 Å². The molecule has 1 aromatic heterocycles. The summed E-state index contributed by atoms with van der Waals surface area (Å²) in [7, 11) is 2.23. The number of benzene rings is 2. The van der Waals surface area contributed by atoms with Crippen LogP contribution < -0.4 is 0 Å². The Balaban J connectivity index is 1.68. The molecule has 0 radical (unpaired) electrons. The molecule has 0 bridgehead atoms. The summed E-state index contributed by atoms with van der Waals surface area (Å²) < 4.78 is 15.9. The van der Waals surface area contributed by atoms with E-state index in [1.807, 2.05) is 12.1 Å². The van der Waals surface area contributed by atoms with E-state index in [1.54, 1.807) is 17.8 Å². The molecule has 2 aliphatic rings. The van der Waals surface area contributed by atoms with Gasteiger partial charge in [-0.3, -0.25) is 0 Å². The van der Waals surface area contributed by atoms with E-state index in [-0.39, 0.29) is 5.82 Å². The van der Waals surface area contributed by atoms with Gasteiger partial charge in [-0.15, -0.1) is 0 Å². The molecular weight excluding hydrogens is 311 g/mol. The normalized spacial score (nSPS) is 23.0. The third-order valence-electron chi connectivity index (χ3n) is 6.03. The standard InChI is InChI=1S/C22H23FN2/c1-14-3-8-21-19(9-14)20-13-24(2)11-17-10-16(12-25(21)22(17)20)15-4-6-18(23)7-5-15/h3-9,16-17H,10-13H2,1-2H3. The van der Waals surface area contributed by atoms with Crippen molar-refractivity contribution >= 4 is 10.9 Å². The van der Waals surface area contributed by atoms with Gasteiger partial charge in [0.05, 0.1) is 0 Å². The summed E-state index contributed by atoms with van der Waals surface area (Å²) in [6.07, 6.45) is 1.15. The van der Waals surface area contributed by atoms with Gasteiger partial charge in [0.25, 0.3) is 0 Å². The largest absolute Gasteiger partial charge is 0.343 e. The Morgan fingerprint density at radius 1 is 1.00 bits per heavy atom. The maximum absolute atomic E-state index is 13.3. The summed E-state index contributed by atoms with van der Waals surface area (Å²) in [5, 5.41) is 1.42. The molecule has 2 atom stereocenters. The lowest BCUT2D eigenvalue weighted by molar-refractivity contribution is 0.244. The number of hydrogen-bond donors (Lipinski definition) is 0. The van der Waals surface area contributed by atoms with Crippen LogP contribution in [0, 0.1) is 12.7 Å². The van der Waals surface area contributed by atoms with Crippen molar-refractivity contribution in [1.82, 2.24) is 9.47 Å². The Morgan fingerprint density at radius 3 is 2.60 bits per heavy atom. The SMILES string of the molecule is Cc1ccc2c(c1)c1c3n2CC(c2ccc(F)cc2)CC3CN(C)C1. The average Bonchev–Trinajstić information content (AvgIpc) is 2.89. The van der Waals surface area contributed by atoms with Crippen LogP contribution >= 0.6 is 0 Å². The molecule has 0 fully saturated rings. The van der Waals surface area contributed by atoms with Gasteiger partial charge >= 0.3 is 0 Å². The smallest absolute Gasteiger partial charge is 0.123 e. The first-order chi connectivity index (χ1) is 12.1. The van der Waals surface area contributed by atoms with E-state index < -0.39 is 0 Å². The number of halogens is 1. The third kappa shape index (κ3) is 2.33. The summed E-state index contributed by atoms with van der Waals surface area (Å²) in [6, 6.07) is 14.0. The summed E-state index contributed by atoms with van der Waals surface area (Å²) in [5.74, 6) is 0.862. The van der Waals surface area contributed by atoms with Crippen molar-refractivity contribution in [3.8, 4) is 0 Å². The second-order valence-corrected chi connectivity index (χ2v) is 7.87. The lowest BCUT2D eigenvalue weighted by Gasteiger charge is -2.38. The summed E-state index contributed by atoms with van der Waals surface area (Å²) >= 11 is 0. The maximum atomic E-state index is 13.3. The van der Waals surface area contributed by atoms with Gasteiger partial charge < -0.3 is 9.47 Å². The van der Waals surface area contributed by atoms with Crippen molar-refractivity contribution in [2.24, 2.45) is 0 Å². The molecule has 2 unspecified atom stereocenters. The Kier molecular flexibility index (Phi) is 3.29. The second-order valence-electron chi connectivity index (χ2n) is 7.87. The van der Waals surface area contributed by atoms with E-state index in [0.717, 1.165) is 26.1 Å². The number of nitrogens with zero attached hydrogens (tertiary/aromatic N) is 2. The highest BCUT2D eigenvalue weighted by Gasteiger charge is 2.36. The monoisotopic (exact) mass is 334 g/mol. The van der Waals surface area contributed by atoms with Gasteiger partial charge in [0, 0.05) is 48.1 Å². The molecule has 128 valence electrons. The molecule has 2 aliphatic heterocycles. The summed E-state index contributed by atoms with van der Waals surface area (Å²) in [5.41, 5.74) is 7.03. The van der Waals surface area contributed by atoms with E-state index in [0.29, 0.717) is 11.8 Å². The molecule has 0 amide bonds. The molecule has 25 heavy (non-hydrogen) atoms. The van der Waals surface area contributed by atoms with Crippen molar-refractivity contribution in [3.05, 3.63) is 70.7 Å². The molecule has 2 nitrogen and oxygen atoms in total. The van der Waals surface area contributed by atoms with Crippen LogP contribution in [0.4, 0.5) is 4.39 Å². The van der Waals surface area contributed by atoms with E-state index >= 15 is 0 Å². The lowest BCUT2D eigenvalue weighted by atomic mass is 9.81. The fourth-order valence-corrected chi connectivity index (χ4v) is 4.99. The van der Waals surface area contributed by atoms with Crippen molar-refractivity contribution < 1.29 is 4.39 Å². The van der Waals surface area contributed by atoms with Gasteiger partial charge in [0.1, 0.15) is 5.82 Å². The Morgan fingerprint density at radius 2 is 1.80 bits per heavy atom. The van der Waals surface area contributed by atoms with Gasteiger partial charge in [-0.1, -0.05) is 23.8 Å². The number of aryl methyl sites for hydroxylation is 1. The fraction of sp³-hybridized carbons (Fsp3) is 0.364. The number of aromatic nitrogens is 1. The zero-order valence-corrected chi connectivity index (χ0v) is 14.8. The zero-order chi connectivity index (χ0) is 17.1. The molecule has 2 aromatic carbocycles. The van der Waals surface area contributed by atoms with Crippen LogP contribution in [0.1, 0.15) is 40.6 Å². The van der Waals surface area contributed by atoms with Crippen LogP contribution in [0.2, 0.25) is 0 Å². The van der Waals surface area contributed by atoms with Crippen molar-refractivity contribution in [2.45, 2.75) is 38.3 Å². The number of likely N-dealkylation sites (N-methyl/N-ethyl adjacent to an activating group) is 1. The molecule has 5 rings (SSSR count). The summed E-state index contributed by atoms with van der Waals surface area (Å²) in [4.78, 5) is 2.45. The highest BCUT2D eigenvalue weighted by atomic mass is 19.1. The number of rotatable bonds is 1. The Labute approximate surface area is 147 Å². The number of fused-ring (bicyclic) bond motifs is 3. The molecule has 3 heteroatoms. The molecule has 0 aliphatic carbocycles. The van der Waals surface area contributed by atoms with Crippen LogP contribution in [0.25, 0.3) is 10.9 Å². The molecule has 0 saturated heterocycles. The fourth-order valence-electron chi connectivity index (χ4n) is 4.99. The molecule has 0 spiro atoms. The molecule has 3 heterocycles. The maximum Gasteiger partial charge on any atom is 0.123 e. The van der Waals surface area contributed by atoms with E-state index in [4.69, 9.17) is 0 Å². The number of hydrogen-bond acceptors (Lipinski definition) is 1. The zero-order valence-electron chi connectivity index (χ0n) is 14.8. The molecular formula is C22H23FN2. The predicted molar refractivity (Wildman–Crippen MR) is 99.5 cm³/mol. The molecule has 0 saturated carbocycles. The first kappa shape index (κ1) is 15.2. The highest BCUT2D eigenvalue weighted by molar-refractivity contribution is 5.87. The van der Waals surface area contributed by atoms with E-state index in [9.17, 15) is 4.39 Å². The summed E-state index contributed by atoms with van der Waals surface area (Å²) in [6.45, 7) is 5.33.